The van der Waals surface area contributed by atoms with Crippen LogP contribution < -0.4 is 11.1 Å². The number of carbonyl (C=O) groups excluding carboxylic acids is 3. The van der Waals surface area contributed by atoms with Gasteiger partial charge in [0.05, 0.1) is 28.9 Å². The van der Waals surface area contributed by atoms with E-state index in [9.17, 15) is 18.8 Å². The summed E-state index contributed by atoms with van der Waals surface area (Å²) in [5.74, 6) is -0.887. The van der Waals surface area contributed by atoms with Crippen molar-refractivity contribution in [2.24, 2.45) is 17.6 Å². The Bertz CT molecular complexity index is 1360. The highest BCUT2D eigenvalue weighted by atomic mass is 35.5. The summed E-state index contributed by atoms with van der Waals surface area (Å²) >= 11 is 5.96. The first kappa shape index (κ1) is 24.3. The molecule has 1 aromatic heterocycles. The van der Waals surface area contributed by atoms with Crippen molar-refractivity contribution in [1.82, 2.24) is 9.47 Å². The molecule has 2 heterocycles. The van der Waals surface area contributed by atoms with Crippen LogP contribution in [0.15, 0.2) is 48.7 Å². The summed E-state index contributed by atoms with van der Waals surface area (Å²) in [7, 11) is 1.49. The molecule has 2 fully saturated rings. The number of ether oxygens (including phenoxy) is 1. The Morgan fingerprint density at radius 1 is 1.22 bits per heavy atom. The van der Waals surface area contributed by atoms with Gasteiger partial charge in [-0.25, -0.2) is 14.0 Å². The second-order valence-electron chi connectivity index (χ2n) is 9.42. The molecule has 0 bridgehead atoms. The number of para-hydroxylation sites is 1. The molecule has 188 valence electrons. The van der Waals surface area contributed by atoms with Crippen LogP contribution in [0.4, 0.5) is 19.7 Å². The minimum atomic E-state index is -0.667. The number of rotatable bonds is 7. The highest BCUT2D eigenvalue weighted by molar-refractivity contribution is 6.30. The van der Waals surface area contributed by atoms with Gasteiger partial charge < -0.3 is 20.7 Å². The van der Waals surface area contributed by atoms with Crippen molar-refractivity contribution >= 4 is 46.0 Å². The monoisotopic (exact) mass is 512 g/mol. The van der Waals surface area contributed by atoms with E-state index in [1.54, 1.807) is 41.3 Å². The number of nitrogens with zero attached hydrogens (tertiary/aromatic N) is 2. The van der Waals surface area contributed by atoms with Gasteiger partial charge in [-0.3, -0.25) is 9.36 Å². The third-order valence-corrected chi connectivity index (χ3v) is 7.46. The molecule has 2 aromatic carbocycles. The molecule has 10 heteroatoms. The molecule has 3 aromatic rings. The van der Waals surface area contributed by atoms with E-state index in [0.717, 1.165) is 6.42 Å². The zero-order valence-corrected chi connectivity index (χ0v) is 20.4. The number of urea groups is 1. The van der Waals surface area contributed by atoms with Crippen LogP contribution in [0.5, 0.6) is 0 Å². The Balaban J connectivity index is 1.37. The number of Topliss-reactive ketones (excluding diaryl/α,β-unsaturated/α-hetero) is 1. The van der Waals surface area contributed by atoms with Gasteiger partial charge in [0.25, 0.3) is 0 Å². The van der Waals surface area contributed by atoms with Crippen LogP contribution in [0.1, 0.15) is 24.3 Å². The number of amides is 3. The van der Waals surface area contributed by atoms with Crippen molar-refractivity contribution in [3.8, 4) is 0 Å². The second kappa shape index (κ2) is 9.55. The molecular weight excluding hydrogens is 487 g/mol. The smallest absolute Gasteiger partial charge is 0.323 e. The number of methoxy groups -OCH3 is 1. The van der Waals surface area contributed by atoms with Crippen molar-refractivity contribution in [1.29, 1.82) is 0 Å². The number of carbonyl (C=O) groups is 3. The van der Waals surface area contributed by atoms with E-state index in [-0.39, 0.29) is 35.7 Å². The summed E-state index contributed by atoms with van der Waals surface area (Å²) in [4.78, 5) is 40.2. The molecule has 1 saturated carbocycles. The normalized spacial score (nSPS) is 21.3. The first-order valence-corrected chi connectivity index (χ1v) is 12.1. The third kappa shape index (κ3) is 4.33. The largest absolute Gasteiger partial charge is 0.384 e. The Hall–Kier alpha value is -3.43. The highest BCUT2D eigenvalue weighted by Gasteiger charge is 2.56. The van der Waals surface area contributed by atoms with E-state index in [2.05, 4.69) is 5.32 Å². The van der Waals surface area contributed by atoms with Gasteiger partial charge >= 0.3 is 12.1 Å². The molecule has 36 heavy (non-hydrogen) atoms. The van der Waals surface area contributed by atoms with E-state index >= 15 is 0 Å². The SMILES string of the molecule is COC[C@@H](CC(=O)[C@@H]1[C@@H]2C[C@@H]2CN1C(=O)Nc1cn(C(N)=O)c2ccccc12)c1cccc(Cl)c1F. The Kier molecular flexibility index (Phi) is 6.44. The second-order valence-corrected chi connectivity index (χ2v) is 9.83. The lowest BCUT2D eigenvalue weighted by Gasteiger charge is -2.28. The average molecular weight is 513 g/mol. The molecule has 5 rings (SSSR count). The molecule has 0 spiro atoms. The fourth-order valence-electron chi connectivity index (χ4n) is 5.39. The first-order valence-electron chi connectivity index (χ1n) is 11.7. The van der Waals surface area contributed by atoms with E-state index in [1.807, 2.05) is 0 Å². The molecule has 3 N–H and O–H groups in total. The van der Waals surface area contributed by atoms with Crippen molar-refractivity contribution in [2.45, 2.75) is 24.8 Å². The highest BCUT2D eigenvalue weighted by Crippen LogP contribution is 2.50. The van der Waals surface area contributed by atoms with Crippen LogP contribution in [0, 0.1) is 17.7 Å². The maximum absolute atomic E-state index is 14.7. The van der Waals surface area contributed by atoms with Crippen molar-refractivity contribution < 1.29 is 23.5 Å². The number of aromatic nitrogens is 1. The van der Waals surface area contributed by atoms with Crippen LogP contribution in [0.2, 0.25) is 5.02 Å². The Labute approximate surface area is 212 Å². The quantitative estimate of drug-likeness (QED) is 0.482. The third-order valence-electron chi connectivity index (χ3n) is 7.17. The number of nitrogens with two attached hydrogens (primary N) is 1. The van der Waals surface area contributed by atoms with Gasteiger partial charge in [-0.15, -0.1) is 0 Å². The number of ketones is 1. The van der Waals surface area contributed by atoms with Crippen LogP contribution >= 0.6 is 11.6 Å². The maximum atomic E-state index is 14.7. The number of fused-ring (bicyclic) bond motifs is 2. The number of benzene rings is 2. The van der Waals surface area contributed by atoms with Gasteiger partial charge in [0.1, 0.15) is 5.82 Å². The predicted molar refractivity (Wildman–Crippen MR) is 134 cm³/mol. The fourth-order valence-corrected chi connectivity index (χ4v) is 5.58. The molecule has 1 saturated heterocycles. The number of halogens is 2. The van der Waals surface area contributed by atoms with Crippen LogP contribution in [-0.4, -0.2) is 53.6 Å². The summed E-state index contributed by atoms with van der Waals surface area (Å²) in [6.07, 6.45) is 2.38. The number of hydrogen-bond acceptors (Lipinski definition) is 4. The predicted octanol–water partition coefficient (Wildman–Crippen LogP) is 4.60. The van der Waals surface area contributed by atoms with Gasteiger partial charge in [-0.2, -0.15) is 0 Å². The first-order chi connectivity index (χ1) is 17.3. The summed E-state index contributed by atoms with van der Waals surface area (Å²) < 4.78 is 21.3. The fraction of sp³-hybridized carbons (Fsp3) is 0.346. The zero-order valence-electron chi connectivity index (χ0n) is 19.6. The molecular formula is C26H26ClFN4O4. The number of primary amides is 1. The average Bonchev–Trinajstić information content (AvgIpc) is 3.35. The topological polar surface area (TPSA) is 107 Å². The van der Waals surface area contributed by atoms with Gasteiger partial charge in [0, 0.05) is 37.6 Å². The van der Waals surface area contributed by atoms with E-state index in [1.165, 1.54) is 23.9 Å². The molecule has 0 radical (unpaired) electrons. The van der Waals surface area contributed by atoms with E-state index < -0.39 is 29.8 Å². The summed E-state index contributed by atoms with van der Waals surface area (Å²) in [6, 6.07) is 10.1. The van der Waals surface area contributed by atoms with Gasteiger partial charge in [0.15, 0.2) is 5.78 Å². The van der Waals surface area contributed by atoms with Crippen molar-refractivity contribution in [2.75, 3.05) is 25.6 Å². The standard InChI is InChI=1S/C26H26ClFN4O4/c1-36-13-15(16-6-4-7-19(27)23(16)28)10-22(33)24-18-9-14(18)11-32(24)26(35)30-20-12-31(25(29)34)21-8-3-2-5-17(20)21/h2-8,12,14-15,18,24H,9-11,13H2,1H3,(H2,29,34)(H,30,35)/t14-,15-,18-,24+/m1/s1. The minimum absolute atomic E-state index is 0.0136. The summed E-state index contributed by atoms with van der Waals surface area (Å²) in [5.41, 5.74) is 6.80. The van der Waals surface area contributed by atoms with Crippen LogP contribution in [0.25, 0.3) is 10.9 Å². The molecule has 0 unspecified atom stereocenters. The number of anilines is 1. The van der Waals surface area contributed by atoms with Gasteiger partial charge in [-0.1, -0.05) is 41.9 Å². The van der Waals surface area contributed by atoms with Crippen LogP contribution in [0.3, 0.4) is 0 Å². The lowest BCUT2D eigenvalue weighted by Crippen LogP contribution is -2.46. The molecule has 2 aliphatic rings. The molecule has 4 atom stereocenters. The van der Waals surface area contributed by atoms with Crippen molar-refractivity contribution in [3.05, 3.63) is 65.1 Å². The summed E-state index contributed by atoms with van der Waals surface area (Å²) in [5, 5.41) is 3.51. The van der Waals surface area contributed by atoms with Gasteiger partial charge in [0.2, 0.25) is 0 Å². The minimum Gasteiger partial charge on any atom is -0.384 e. The summed E-state index contributed by atoms with van der Waals surface area (Å²) in [6.45, 7) is 0.602. The lowest BCUT2D eigenvalue weighted by atomic mass is 9.90. The zero-order chi connectivity index (χ0) is 25.6. The maximum Gasteiger partial charge on any atom is 0.323 e. The lowest BCUT2D eigenvalue weighted by molar-refractivity contribution is -0.123. The van der Waals surface area contributed by atoms with Crippen molar-refractivity contribution in [3.63, 3.8) is 0 Å². The Morgan fingerprint density at radius 2 is 2.00 bits per heavy atom. The Morgan fingerprint density at radius 3 is 2.75 bits per heavy atom. The molecule has 8 nitrogen and oxygen atoms in total. The number of likely N-dealkylation sites (tertiary alicyclic amines) is 1. The van der Waals surface area contributed by atoms with Crippen LogP contribution in [-0.2, 0) is 9.53 Å². The van der Waals surface area contributed by atoms with Gasteiger partial charge in [-0.05, 0) is 36.0 Å². The number of hydrogen-bond donors (Lipinski definition) is 2. The molecule has 1 aliphatic carbocycles. The number of nitrogens with one attached hydrogen (secondary N) is 1. The molecule has 1 aliphatic heterocycles. The molecule has 3 amide bonds. The van der Waals surface area contributed by atoms with E-state index in [0.29, 0.717) is 28.7 Å². The number of piperidine rings is 1. The van der Waals surface area contributed by atoms with E-state index in [4.69, 9.17) is 22.1 Å².